The highest BCUT2D eigenvalue weighted by molar-refractivity contribution is 6.52. The Hall–Kier alpha value is -1.66. The van der Waals surface area contributed by atoms with Crippen LogP contribution in [0.15, 0.2) is 18.2 Å². The first-order valence-electron chi connectivity index (χ1n) is 6.86. The Labute approximate surface area is 125 Å². The van der Waals surface area contributed by atoms with Gasteiger partial charge in [-0.15, -0.1) is 0 Å². The molecule has 1 aliphatic rings. The SMILES string of the molecule is Cc1ncc(/C=C/B2OC(C)(C)C(C)(C)O2)cc1C(=O)O. The van der Waals surface area contributed by atoms with Crippen molar-refractivity contribution in [3.8, 4) is 0 Å². The van der Waals surface area contributed by atoms with Crippen LogP contribution < -0.4 is 0 Å². The molecule has 0 bridgehead atoms. The maximum absolute atomic E-state index is 11.1. The summed E-state index contributed by atoms with van der Waals surface area (Å²) in [5.41, 5.74) is 0.619. The van der Waals surface area contributed by atoms with E-state index in [2.05, 4.69) is 4.98 Å². The molecular weight excluding hydrogens is 269 g/mol. The normalized spacial score (nSPS) is 20.1. The Morgan fingerprint density at radius 2 is 1.86 bits per heavy atom. The van der Waals surface area contributed by atoms with E-state index in [0.717, 1.165) is 0 Å². The first-order chi connectivity index (χ1) is 9.62. The maximum Gasteiger partial charge on any atom is 0.487 e. The number of hydrogen-bond acceptors (Lipinski definition) is 4. The molecule has 2 heterocycles. The summed E-state index contributed by atoms with van der Waals surface area (Å²) in [5.74, 6) is 0.792. The minimum Gasteiger partial charge on any atom is -0.478 e. The van der Waals surface area contributed by atoms with Crippen molar-refractivity contribution in [2.45, 2.75) is 45.8 Å². The summed E-state index contributed by atoms with van der Waals surface area (Å²) in [6, 6.07) is 1.59. The van der Waals surface area contributed by atoms with Gasteiger partial charge in [0.1, 0.15) is 0 Å². The number of nitrogens with zero attached hydrogens (tertiary/aromatic N) is 1. The summed E-state index contributed by atoms with van der Waals surface area (Å²) < 4.78 is 11.7. The molecule has 5 nitrogen and oxygen atoms in total. The van der Waals surface area contributed by atoms with Gasteiger partial charge in [0.05, 0.1) is 22.5 Å². The Morgan fingerprint density at radius 1 is 1.29 bits per heavy atom. The Bertz CT molecular complexity index is 579. The van der Waals surface area contributed by atoms with E-state index in [0.29, 0.717) is 11.3 Å². The molecular formula is C15H20BNO4. The number of aromatic nitrogens is 1. The Kier molecular flexibility index (Phi) is 3.95. The molecule has 0 aromatic carbocycles. The number of carboxylic acid groups (broad SMARTS) is 1. The fraction of sp³-hybridized carbons (Fsp3) is 0.467. The lowest BCUT2D eigenvalue weighted by molar-refractivity contribution is 0.00578. The van der Waals surface area contributed by atoms with Gasteiger partial charge in [-0.25, -0.2) is 4.79 Å². The van der Waals surface area contributed by atoms with Crippen molar-refractivity contribution in [3.63, 3.8) is 0 Å². The van der Waals surface area contributed by atoms with Crippen LogP contribution in [0.25, 0.3) is 6.08 Å². The topological polar surface area (TPSA) is 68.7 Å². The van der Waals surface area contributed by atoms with Crippen LogP contribution in [0.1, 0.15) is 49.3 Å². The standard InChI is InChI=1S/C15H20BNO4/c1-10-12(13(18)19)8-11(9-17-10)6-7-16-20-14(2,3)15(4,5)21-16/h6-9H,1-5H3,(H,18,19)/b7-6+. The molecule has 1 aliphatic heterocycles. The van der Waals surface area contributed by atoms with Crippen molar-refractivity contribution >= 4 is 19.2 Å². The molecule has 1 aromatic rings. The molecule has 0 atom stereocenters. The molecule has 1 aromatic heterocycles. The number of carbonyl (C=O) groups is 1. The highest BCUT2D eigenvalue weighted by Crippen LogP contribution is 2.37. The largest absolute Gasteiger partial charge is 0.487 e. The third-order valence-corrected chi connectivity index (χ3v) is 4.06. The van der Waals surface area contributed by atoms with Gasteiger partial charge in [-0.2, -0.15) is 0 Å². The van der Waals surface area contributed by atoms with E-state index in [1.807, 2.05) is 27.7 Å². The second kappa shape index (κ2) is 5.28. The van der Waals surface area contributed by atoms with E-state index < -0.39 is 13.1 Å². The fourth-order valence-electron chi connectivity index (χ4n) is 2.01. The average molecular weight is 289 g/mol. The lowest BCUT2D eigenvalue weighted by Crippen LogP contribution is -2.41. The molecule has 21 heavy (non-hydrogen) atoms. The van der Waals surface area contributed by atoms with Crippen molar-refractivity contribution in [1.29, 1.82) is 0 Å². The molecule has 112 valence electrons. The molecule has 0 amide bonds. The van der Waals surface area contributed by atoms with Gasteiger partial charge in [0.25, 0.3) is 0 Å². The second-order valence-corrected chi connectivity index (χ2v) is 6.19. The lowest BCUT2D eigenvalue weighted by Gasteiger charge is -2.32. The summed E-state index contributed by atoms with van der Waals surface area (Å²) in [4.78, 5) is 15.2. The third-order valence-electron chi connectivity index (χ3n) is 4.06. The van der Waals surface area contributed by atoms with E-state index in [9.17, 15) is 4.79 Å². The van der Waals surface area contributed by atoms with Gasteiger partial charge in [0.15, 0.2) is 0 Å². The van der Waals surface area contributed by atoms with Gasteiger partial charge in [-0.05, 0) is 46.2 Å². The third kappa shape index (κ3) is 3.17. The summed E-state index contributed by atoms with van der Waals surface area (Å²) >= 11 is 0. The zero-order valence-electron chi connectivity index (χ0n) is 13.0. The van der Waals surface area contributed by atoms with Crippen LogP contribution in [0, 0.1) is 6.92 Å². The number of rotatable bonds is 3. The van der Waals surface area contributed by atoms with Crippen LogP contribution >= 0.6 is 0 Å². The van der Waals surface area contributed by atoms with Crippen LogP contribution in [0.2, 0.25) is 0 Å². The van der Waals surface area contributed by atoms with Crippen LogP contribution in [0.3, 0.4) is 0 Å². The number of aromatic carboxylic acids is 1. The highest BCUT2D eigenvalue weighted by atomic mass is 16.7. The molecule has 0 radical (unpaired) electrons. The molecule has 0 spiro atoms. The van der Waals surface area contributed by atoms with Crippen molar-refractivity contribution in [3.05, 3.63) is 35.1 Å². The predicted molar refractivity (Wildman–Crippen MR) is 81.0 cm³/mol. The Morgan fingerprint density at radius 3 is 2.38 bits per heavy atom. The zero-order valence-corrected chi connectivity index (χ0v) is 13.0. The van der Waals surface area contributed by atoms with E-state index in [-0.39, 0.29) is 16.8 Å². The summed E-state index contributed by atoms with van der Waals surface area (Å²) in [7, 11) is -0.454. The molecule has 2 rings (SSSR count). The quantitative estimate of drug-likeness (QED) is 0.866. The van der Waals surface area contributed by atoms with E-state index in [1.54, 1.807) is 31.2 Å². The van der Waals surface area contributed by atoms with Gasteiger partial charge in [0.2, 0.25) is 0 Å². The first kappa shape index (κ1) is 15.7. The summed E-state index contributed by atoms with van der Waals surface area (Å²) in [5, 5.41) is 9.09. The number of hydrogen-bond donors (Lipinski definition) is 1. The maximum atomic E-state index is 11.1. The summed E-state index contributed by atoms with van der Waals surface area (Å²) in [6.45, 7) is 9.60. The average Bonchev–Trinajstić information content (AvgIpc) is 2.56. The van der Waals surface area contributed by atoms with Gasteiger partial charge < -0.3 is 14.4 Å². The molecule has 6 heteroatoms. The molecule has 0 aliphatic carbocycles. The number of carboxylic acids is 1. The molecule has 0 unspecified atom stereocenters. The summed E-state index contributed by atoms with van der Waals surface area (Å²) in [6.07, 6.45) is 3.39. The molecule has 0 saturated carbocycles. The van der Waals surface area contributed by atoms with Crippen LogP contribution in [-0.4, -0.2) is 34.4 Å². The smallest absolute Gasteiger partial charge is 0.478 e. The second-order valence-electron chi connectivity index (χ2n) is 6.19. The van der Waals surface area contributed by atoms with Gasteiger partial charge in [-0.3, -0.25) is 4.98 Å². The van der Waals surface area contributed by atoms with Crippen molar-refractivity contribution in [1.82, 2.24) is 4.98 Å². The van der Waals surface area contributed by atoms with E-state index in [1.165, 1.54) is 0 Å². The van der Waals surface area contributed by atoms with Crippen molar-refractivity contribution in [2.24, 2.45) is 0 Å². The molecule has 1 fully saturated rings. The van der Waals surface area contributed by atoms with E-state index in [4.69, 9.17) is 14.4 Å². The number of pyridine rings is 1. The molecule has 1 N–H and O–H groups in total. The predicted octanol–water partition coefficient (Wildman–Crippen LogP) is 2.73. The lowest BCUT2D eigenvalue weighted by atomic mass is 9.89. The number of aryl methyl sites for hydroxylation is 1. The van der Waals surface area contributed by atoms with Crippen LogP contribution in [0.5, 0.6) is 0 Å². The highest BCUT2D eigenvalue weighted by Gasteiger charge is 2.49. The Balaban J connectivity index is 2.16. The zero-order chi connectivity index (χ0) is 15.8. The van der Waals surface area contributed by atoms with Gasteiger partial charge >= 0.3 is 13.1 Å². The van der Waals surface area contributed by atoms with E-state index >= 15 is 0 Å². The minimum atomic E-state index is -0.981. The monoisotopic (exact) mass is 289 g/mol. The van der Waals surface area contributed by atoms with Crippen molar-refractivity contribution < 1.29 is 19.2 Å². The minimum absolute atomic E-state index is 0.200. The fourth-order valence-corrected chi connectivity index (χ4v) is 2.01. The van der Waals surface area contributed by atoms with Gasteiger partial charge in [0, 0.05) is 6.20 Å². The molecule has 1 saturated heterocycles. The van der Waals surface area contributed by atoms with Gasteiger partial charge in [-0.1, -0.05) is 12.1 Å². The van der Waals surface area contributed by atoms with Crippen molar-refractivity contribution in [2.75, 3.05) is 0 Å². The van der Waals surface area contributed by atoms with Crippen LogP contribution in [-0.2, 0) is 9.31 Å². The van der Waals surface area contributed by atoms with Crippen LogP contribution in [0.4, 0.5) is 0 Å². The first-order valence-corrected chi connectivity index (χ1v) is 6.86.